The monoisotopic (exact) mass is 397 g/mol. The van der Waals surface area contributed by atoms with Gasteiger partial charge in [-0.3, -0.25) is 14.2 Å². The van der Waals surface area contributed by atoms with Gasteiger partial charge < -0.3 is 19.9 Å². The van der Waals surface area contributed by atoms with E-state index in [0.29, 0.717) is 24.5 Å². The zero-order valence-corrected chi connectivity index (χ0v) is 16.3. The molecule has 1 fully saturated rings. The molecule has 0 saturated carbocycles. The molecule has 0 aliphatic carbocycles. The number of aliphatic hydroxyl groups is 1. The second-order valence-electron chi connectivity index (χ2n) is 6.97. The third-order valence-electron chi connectivity index (χ3n) is 4.90. The fraction of sp³-hybridized carbons (Fsp3) is 0.350. The van der Waals surface area contributed by atoms with Gasteiger partial charge in [-0.25, -0.2) is 0 Å². The van der Waals surface area contributed by atoms with Crippen LogP contribution >= 0.6 is 0 Å². The van der Waals surface area contributed by atoms with Gasteiger partial charge in [0.25, 0.3) is 5.91 Å². The van der Waals surface area contributed by atoms with E-state index in [4.69, 9.17) is 9.47 Å². The molecule has 3 aromatic rings. The summed E-state index contributed by atoms with van der Waals surface area (Å²) >= 11 is 0. The number of aliphatic hydroxyl groups excluding tert-OH is 1. The number of ether oxygens (including phenoxy) is 2. The van der Waals surface area contributed by atoms with Crippen LogP contribution in [0.5, 0.6) is 5.75 Å². The fourth-order valence-electron chi connectivity index (χ4n) is 3.38. The number of hydrogen-bond acceptors (Lipinski definition) is 6. The van der Waals surface area contributed by atoms with Gasteiger partial charge in [0.15, 0.2) is 5.82 Å². The molecule has 2 aromatic heterocycles. The number of anilines is 1. The molecule has 1 saturated heterocycles. The van der Waals surface area contributed by atoms with Crippen molar-refractivity contribution in [3.63, 3.8) is 0 Å². The number of amides is 1. The van der Waals surface area contributed by atoms with E-state index in [1.165, 1.54) is 4.68 Å². The maximum absolute atomic E-state index is 12.5. The van der Waals surface area contributed by atoms with Crippen LogP contribution in [0.25, 0.3) is 0 Å². The van der Waals surface area contributed by atoms with Crippen molar-refractivity contribution in [2.75, 3.05) is 19.0 Å². The number of aryl methyl sites for hydroxylation is 1. The SMILES string of the molecule is COc1ccc(Cn2nc(NC(=O)c3ccnn3C)cc2[C@H]2C[C@@H](O)CO2)cc1. The molecule has 4 rings (SSSR count). The first kappa shape index (κ1) is 19.2. The summed E-state index contributed by atoms with van der Waals surface area (Å²) in [7, 11) is 3.33. The Kier molecular flexibility index (Phi) is 5.32. The number of nitrogens with one attached hydrogen (secondary N) is 1. The van der Waals surface area contributed by atoms with Crippen LogP contribution in [-0.2, 0) is 18.3 Å². The summed E-state index contributed by atoms with van der Waals surface area (Å²) in [5.41, 5.74) is 2.26. The van der Waals surface area contributed by atoms with Crippen molar-refractivity contribution in [3.8, 4) is 5.75 Å². The summed E-state index contributed by atoms with van der Waals surface area (Å²) in [5, 5.41) is 21.2. The maximum Gasteiger partial charge on any atom is 0.275 e. The topological polar surface area (TPSA) is 103 Å². The number of carbonyl (C=O) groups is 1. The summed E-state index contributed by atoms with van der Waals surface area (Å²) in [5.74, 6) is 0.906. The molecule has 9 nitrogen and oxygen atoms in total. The minimum Gasteiger partial charge on any atom is -0.497 e. The van der Waals surface area contributed by atoms with Crippen molar-refractivity contribution in [1.82, 2.24) is 19.6 Å². The molecule has 0 unspecified atom stereocenters. The van der Waals surface area contributed by atoms with Crippen LogP contribution in [0, 0.1) is 0 Å². The summed E-state index contributed by atoms with van der Waals surface area (Å²) in [6.07, 6.45) is 1.27. The molecule has 9 heteroatoms. The smallest absolute Gasteiger partial charge is 0.275 e. The number of rotatable bonds is 6. The van der Waals surface area contributed by atoms with E-state index >= 15 is 0 Å². The first-order valence-electron chi connectivity index (χ1n) is 9.33. The van der Waals surface area contributed by atoms with Gasteiger partial charge in [-0.15, -0.1) is 0 Å². The van der Waals surface area contributed by atoms with Gasteiger partial charge in [0.2, 0.25) is 0 Å². The molecule has 2 atom stereocenters. The lowest BCUT2D eigenvalue weighted by Crippen LogP contribution is -2.16. The highest BCUT2D eigenvalue weighted by atomic mass is 16.5. The molecule has 29 heavy (non-hydrogen) atoms. The minimum absolute atomic E-state index is 0.280. The Morgan fingerprint density at radius 1 is 1.34 bits per heavy atom. The fourth-order valence-corrected chi connectivity index (χ4v) is 3.38. The predicted molar refractivity (Wildman–Crippen MR) is 105 cm³/mol. The minimum atomic E-state index is -0.503. The highest BCUT2D eigenvalue weighted by molar-refractivity contribution is 6.02. The molecular weight excluding hydrogens is 374 g/mol. The van der Waals surface area contributed by atoms with Gasteiger partial charge in [0.05, 0.1) is 32.1 Å². The van der Waals surface area contributed by atoms with Gasteiger partial charge in [-0.1, -0.05) is 12.1 Å². The van der Waals surface area contributed by atoms with E-state index in [2.05, 4.69) is 15.5 Å². The Morgan fingerprint density at radius 2 is 2.14 bits per heavy atom. The Labute approximate surface area is 167 Å². The lowest BCUT2D eigenvalue weighted by Gasteiger charge is -2.12. The summed E-state index contributed by atoms with van der Waals surface area (Å²) in [4.78, 5) is 12.5. The van der Waals surface area contributed by atoms with E-state index < -0.39 is 6.10 Å². The second-order valence-corrected chi connectivity index (χ2v) is 6.97. The number of methoxy groups -OCH3 is 1. The number of carbonyl (C=O) groups excluding carboxylic acids is 1. The number of hydrogen-bond donors (Lipinski definition) is 2. The zero-order valence-electron chi connectivity index (χ0n) is 16.3. The molecule has 1 aliphatic heterocycles. The first-order valence-corrected chi connectivity index (χ1v) is 9.33. The van der Waals surface area contributed by atoms with E-state index in [0.717, 1.165) is 17.0 Å². The van der Waals surface area contributed by atoms with Crippen molar-refractivity contribution < 1.29 is 19.4 Å². The molecule has 1 amide bonds. The molecule has 152 valence electrons. The van der Waals surface area contributed by atoms with E-state index in [1.807, 2.05) is 24.3 Å². The highest BCUT2D eigenvalue weighted by Crippen LogP contribution is 2.31. The van der Waals surface area contributed by atoms with Gasteiger partial charge in [0.1, 0.15) is 17.5 Å². The average molecular weight is 397 g/mol. The van der Waals surface area contributed by atoms with Crippen molar-refractivity contribution in [2.45, 2.75) is 25.2 Å². The maximum atomic E-state index is 12.5. The first-order chi connectivity index (χ1) is 14.0. The Morgan fingerprint density at radius 3 is 2.76 bits per heavy atom. The third kappa shape index (κ3) is 4.15. The predicted octanol–water partition coefficient (Wildman–Crippen LogP) is 1.75. The van der Waals surface area contributed by atoms with Crippen molar-refractivity contribution >= 4 is 11.7 Å². The molecule has 1 aromatic carbocycles. The third-order valence-corrected chi connectivity index (χ3v) is 4.90. The van der Waals surface area contributed by atoms with E-state index in [1.54, 1.807) is 37.2 Å². The van der Waals surface area contributed by atoms with E-state index in [9.17, 15) is 9.90 Å². The number of aromatic nitrogens is 4. The van der Waals surface area contributed by atoms with Crippen LogP contribution in [0.1, 0.15) is 34.3 Å². The molecule has 0 bridgehead atoms. The van der Waals surface area contributed by atoms with Crippen LogP contribution in [0.4, 0.5) is 5.82 Å². The summed E-state index contributed by atoms with van der Waals surface area (Å²) in [6, 6.07) is 11.1. The van der Waals surface area contributed by atoms with Crippen LogP contribution in [0.15, 0.2) is 42.6 Å². The normalized spacial score (nSPS) is 18.7. The standard InChI is InChI=1S/C20H23N5O4/c1-24-16(7-8-21-24)20(27)22-19-10-17(18-9-14(26)12-29-18)25(23-19)11-13-3-5-15(28-2)6-4-13/h3-8,10,14,18,26H,9,11-12H2,1-2H3,(H,22,23,27)/t14-,18-/m1/s1. The Balaban J connectivity index is 1.59. The Hall–Kier alpha value is -3.17. The van der Waals surface area contributed by atoms with Gasteiger partial charge >= 0.3 is 0 Å². The molecule has 1 aliphatic rings. The van der Waals surface area contributed by atoms with E-state index in [-0.39, 0.29) is 18.6 Å². The second kappa shape index (κ2) is 8.06. The van der Waals surface area contributed by atoms with Gasteiger partial charge in [-0.2, -0.15) is 10.2 Å². The van der Waals surface area contributed by atoms with Crippen molar-refractivity contribution in [3.05, 3.63) is 59.5 Å². The lowest BCUT2D eigenvalue weighted by atomic mass is 10.1. The summed E-state index contributed by atoms with van der Waals surface area (Å²) in [6.45, 7) is 0.784. The average Bonchev–Trinajstić information content (AvgIpc) is 3.42. The summed E-state index contributed by atoms with van der Waals surface area (Å²) < 4.78 is 14.2. The molecule has 2 N–H and O–H groups in total. The van der Waals surface area contributed by atoms with Crippen LogP contribution in [-0.4, -0.2) is 50.4 Å². The van der Waals surface area contributed by atoms with Crippen LogP contribution in [0.2, 0.25) is 0 Å². The highest BCUT2D eigenvalue weighted by Gasteiger charge is 2.29. The Bertz CT molecular complexity index is 995. The quantitative estimate of drug-likeness (QED) is 0.657. The van der Waals surface area contributed by atoms with Crippen molar-refractivity contribution in [1.29, 1.82) is 0 Å². The number of benzene rings is 1. The number of nitrogens with zero attached hydrogens (tertiary/aromatic N) is 4. The zero-order chi connectivity index (χ0) is 20.4. The molecule has 0 radical (unpaired) electrons. The van der Waals surface area contributed by atoms with Crippen LogP contribution in [0.3, 0.4) is 0 Å². The van der Waals surface area contributed by atoms with Gasteiger partial charge in [-0.05, 0) is 23.8 Å². The largest absolute Gasteiger partial charge is 0.497 e. The molecular formula is C20H23N5O4. The van der Waals surface area contributed by atoms with Crippen molar-refractivity contribution in [2.24, 2.45) is 7.05 Å². The van der Waals surface area contributed by atoms with Crippen LogP contribution < -0.4 is 10.1 Å². The lowest BCUT2D eigenvalue weighted by molar-refractivity contribution is 0.0844. The molecule has 0 spiro atoms. The van der Waals surface area contributed by atoms with Gasteiger partial charge in [0, 0.05) is 25.7 Å². The molecule has 3 heterocycles.